The first-order valence-electron chi connectivity index (χ1n) is 8.17. The molecule has 2 aromatic rings. The number of hydrogen-bond donors (Lipinski definition) is 1. The molecule has 0 saturated heterocycles. The second-order valence-corrected chi connectivity index (χ2v) is 6.76. The van der Waals surface area contributed by atoms with E-state index in [1.165, 1.54) is 11.8 Å². The minimum absolute atomic E-state index is 0.0736. The Hall–Kier alpha value is -1.85. The summed E-state index contributed by atoms with van der Waals surface area (Å²) < 4.78 is 11.2. The number of ether oxygens (including phenoxy) is 2. The highest BCUT2D eigenvalue weighted by atomic mass is 35.5. The minimum atomic E-state index is -0.0736. The maximum Gasteiger partial charge on any atom is 0.234 e. The number of halogens is 1. The molecule has 2 aromatic carbocycles. The molecule has 4 nitrogen and oxygen atoms in total. The van der Waals surface area contributed by atoms with E-state index in [1.54, 1.807) is 12.1 Å². The Morgan fingerprint density at radius 2 is 1.68 bits per heavy atom. The van der Waals surface area contributed by atoms with E-state index in [9.17, 15) is 4.79 Å². The fourth-order valence-corrected chi connectivity index (χ4v) is 2.77. The summed E-state index contributed by atoms with van der Waals surface area (Å²) in [7, 11) is 0. The number of carbonyl (C=O) groups excluding carboxylic acids is 1. The average molecular weight is 380 g/mol. The Balaban J connectivity index is 1.61. The van der Waals surface area contributed by atoms with Crippen molar-refractivity contribution in [1.82, 2.24) is 0 Å². The van der Waals surface area contributed by atoms with E-state index in [2.05, 4.69) is 12.2 Å². The van der Waals surface area contributed by atoms with Crippen LogP contribution in [0.25, 0.3) is 0 Å². The van der Waals surface area contributed by atoms with Gasteiger partial charge in [-0.2, -0.15) is 0 Å². The molecule has 1 amide bonds. The number of thioether (sulfide) groups is 1. The number of anilines is 1. The topological polar surface area (TPSA) is 47.6 Å². The summed E-state index contributed by atoms with van der Waals surface area (Å²) in [5.41, 5.74) is 0.636. The molecule has 2 rings (SSSR count). The summed E-state index contributed by atoms with van der Waals surface area (Å²) in [5.74, 6) is 2.66. The standard InChI is InChI=1S/C19H22ClNO3S/c1-2-11-23-15-7-9-16(10-8-15)24-12-13-25-14-19(22)21-18-6-4-3-5-17(18)20/h3-10H,2,11-14H2,1H3,(H,21,22). The summed E-state index contributed by atoms with van der Waals surface area (Å²) in [4.78, 5) is 11.9. The lowest BCUT2D eigenvalue weighted by Crippen LogP contribution is -2.15. The van der Waals surface area contributed by atoms with Gasteiger partial charge in [-0.1, -0.05) is 30.7 Å². The monoisotopic (exact) mass is 379 g/mol. The van der Waals surface area contributed by atoms with Crippen molar-refractivity contribution in [2.45, 2.75) is 13.3 Å². The van der Waals surface area contributed by atoms with Crippen molar-refractivity contribution in [2.75, 3.05) is 30.0 Å². The molecule has 0 aromatic heterocycles. The summed E-state index contributed by atoms with van der Waals surface area (Å²) in [6.45, 7) is 3.33. The van der Waals surface area contributed by atoms with E-state index in [0.29, 0.717) is 29.7 Å². The molecule has 0 unspecified atom stereocenters. The Bertz CT molecular complexity index is 664. The van der Waals surface area contributed by atoms with Crippen molar-refractivity contribution in [3.05, 3.63) is 53.6 Å². The van der Waals surface area contributed by atoms with Gasteiger partial charge in [0.25, 0.3) is 0 Å². The fourth-order valence-electron chi connectivity index (χ4n) is 1.98. The van der Waals surface area contributed by atoms with Crippen LogP contribution in [0.2, 0.25) is 5.02 Å². The van der Waals surface area contributed by atoms with Crippen LogP contribution < -0.4 is 14.8 Å². The van der Waals surface area contributed by atoms with Crippen LogP contribution in [0.1, 0.15) is 13.3 Å². The number of amides is 1. The second kappa shape index (κ2) is 10.9. The molecule has 0 aliphatic heterocycles. The smallest absolute Gasteiger partial charge is 0.234 e. The molecule has 0 heterocycles. The van der Waals surface area contributed by atoms with Gasteiger partial charge in [-0.05, 0) is 42.8 Å². The molecular weight excluding hydrogens is 358 g/mol. The van der Waals surface area contributed by atoms with Crippen molar-refractivity contribution in [2.24, 2.45) is 0 Å². The molecule has 25 heavy (non-hydrogen) atoms. The van der Waals surface area contributed by atoms with Gasteiger partial charge in [-0.25, -0.2) is 0 Å². The van der Waals surface area contributed by atoms with Crippen molar-refractivity contribution in [1.29, 1.82) is 0 Å². The maximum atomic E-state index is 11.9. The van der Waals surface area contributed by atoms with E-state index in [-0.39, 0.29) is 5.91 Å². The molecule has 0 fully saturated rings. The largest absolute Gasteiger partial charge is 0.494 e. The Morgan fingerprint density at radius 1 is 1.04 bits per heavy atom. The van der Waals surface area contributed by atoms with Gasteiger partial charge in [-0.15, -0.1) is 11.8 Å². The predicted octanol–water partition coefficient (Wildman–Crippen LogP) is 4.88. The van der Waals surface area contributed by atoms with Gasteiger partial charge in [0.15, 0.2) is 0 Å². The number of nitrogens with one attached hydrogen (secondary N) is 1. The van der Waals surface area contributed by atoms with Crippen LogP contribution in [0, 0.1) is 0 Å². The van der Waals surface area contributed by atoms with Crippen LogP contribution in [-0.4, -0.2) is 30.6 Å². The van der Waals surface area contributed by atoms with Gasteiger partial charge in [0, 0.05) is 5.75 Å². The van der Waals surface area contributed by atoms with Gasteiger partial charge >= 0.3 is 0 Å². The van der Waals surface area contributed by atoms with E-state index in [0.717, 1.165) is 23.7 Å². The summed E-state index contributed by atoms with van der Waals surface area (Å²) in [6, 6.07) is 14.8. The molecule has 134 valence electrons. The quantitative estimate of drug-likeness (QED) is 0.597. The lowest BCUT2D eigenvalue weighted by Gasteiger charge is -2.09. The third kappa shape index (κ3) is 7.28. The molecule has 0 radical (unpaired) electrons. The highest BCUT2D eigenvalue weighted by Gasteiger charge is 2.05. The van der Waals surface area contributed by atoms with Crippen LogP contribution in [0.3, 0.4) is 0 Å². The first kappa shape index (κ1) is 19.5. The van der Waals surface area contributed by atoms with E-state index < -0.39 is 0 Å². The molecule has 0 aliphatic carbocycles. The van der Waals surface area contributed by atoms with Crippen molar-refractivity contribution < 1.29 is 14.3 Å². The first-order chi connectivity index (χ1) is 12.2. The molecular formula is C19H22ClNO3S. The summed E-state index contributed by atoms with van der Waals surface area (Å²) >= 11 is 7.52. The third-order valence-electron chi connectivity index (χ3n) is 3.17. The van der Waals surface area contributed by atoms with Crippen molar-refractivity contribution in [3.63, 3.8) is 0 Å². The van der Waals surface area contributed by atoms with Gasteiger partial charge in [0.1, 0.15) is 11.5 Å². The van der Waals surface area contributed by atoms with Crippen molar-refractivity contribution >= 4 is 35.0 Å². The van der Waals surface area contributed by atoms with Crippen LogP contribution in [0.4, 0.5) is 5.69 Å². The van der Waals surface area contributed by atoms with Gasteiger partial charge in [-0.3, -0.25) is 4.79 Å². The molecule has 0 spiro atoms. The van der Waals surface area contributed by atoms with Crippen molar-refractivity contribution in [3.8, 4) is 11.5 Å². The number of para-hydroxylation sites is 1. The SMILES string of the molecule is CCCOc1ccc(OCCSCC(=O)Nc2ccccc2Cl)cc1. The molecule has 0 atom stereocenters. The molecule has 6 heteroatoms. The lowest BCUT2D eigenvalue weighted by atomic mass is 10.3. The summed E-state index contributed by atoms with van der Waals surface area (Å²) in [6.07, 6.45) is 0.986. The molecule has 0 saturated carbocycles. The maximum absolute atomic E-state index is 11.9. The Kier molecular flexibility index (Phi) is 8.49. The first-order valence-corrected chi connectivity index (χ1v) is 9.70. The summed E-state index contributed by atoms with van der Waals surface area (Å²) in [5, 5.41) is 3.33. The highest BCUT2D eigenvalue weighted by molar-refractivity contribution is 7.99. The third-order valence-corrected chi connectivity index (χ3v) is 4.43. The lowest BCUT2D eigenvalue weighted by molar-refractivity contribution is -0.113. The van der Waals surface area contributed by atoms with Crippen LogP contribution in [-0.2, 0) is 4.79 Å². The Labute approximate surface area is 157 Å². The Morgan fingerprint density at radius 3 is 2.32 bits per heavy atom. The minimum Gasteiger partial charge on any atom is -0.494 e. The fraction of sp³-hybridized carbons (Fsp3) is 0.316. The predicted molar refractivity (Wildman–Crippen MR) is 105 cm³/mol. The van der Waals surface area contributed by atoms with E-state index in [4.69, 9.17) is 21.1 Å². The zero-order chi connectivity index (χ0) is 17.9. The molecule has 0 bridgehead atoms. The van der Waals surface area contributed by atoms with Crippen LogP contribution in [0.15, 0.2) is 48.5 Å². The molecule has 1 N–H and O–H groups in total. The number of hydrogen-bond acceptors (Lipinski definition) is 4. The normalized spacial score (nSPS) is 10.3. The van der Waals surface area contributed by atoms with Gasteiger partial charge < -0.3 is 14.8 Å². The zero-order valence-electron chi connectivity index (χ0n) is 14.2. The average Bonchev–Trinajstić information content (AvgIpc) is 2.62. The van der Waals surface area contributed by atoms with E-state index in [1.807, 2.05) is 36.4 Å². The number of carbonyl (C=O) groups is 1. The second-order valence-electron chi connectivity index (χ2n) is 5.25. The van der Waals surface area contributed by atoms with Crippen LogP contribution in [0.5, 0.6) is 11.5 Å². The van der Waals surface area contributed by atoms with Gasteiger partial charge in [0.05, 0.1) is 29.7 Å². The highest BCUT2D eigenvalue weighted by Crippen LogP contribution is 2.21. The number of benzene rings is 2. The zero-order valence-corrected chi connectivity index (χ0v) is 15.7. The van der Waals surface area contributed by atoms with Gasteiger partial charge in [0.2, 0.25) is 5.91 Å². The van der Waals surface area contributed by atoms with E-state index >= 15 is 0 Å². The number of rotatable bonds is 10. The molecule has 0 aliphatic rings. The van der Waals surface area contributed by atoms with Crippen LogP contribution >= 0.6 is 23.4 Å².